The minimum Gasteiger partial charge on any atom is -0.0833 e. The first kappa shape index (κ1) is 60.4. The Morgan fingerprint density at radius 3 is 1.67 bits per heavy atom. The van der Waals surface area contributed by atoms with Gasteiger partial charge >= 0.3 is 0 Å². The Morgan fingerprint density at radius 2 is 0.976 bits per heavy atom. The van der Waals surface area contributed by atoms with Gasteiger partial charge in [-0.3, -0.25) is 0 Å². The van der Waals surface area contributed by atoms with E-state index in [0.29, 0.717) is 22.2 Å². The Morgan fingerprint density at radius 1 is 0.400 bits per heavy atom. The van der Waals surface area contributed by atoms with Gasteiger partial charge in [0.05, 0.1) is 0 Å². The van der Waals surface area contributed by atoms with Crippen LogP contribution < -0.4 is 0 Å². The number of hydrogen-bond acceptors (Lipinski definition) is 0. The number of allylic oxidation sites excluding steroid dienone is 3. The van der Waals surface area contributed by atoms with E-state index >= 15 is 0 Å². The van der Waals surface area contributed by atoms with Crippen LogP contribution in [0.15, 0.2) is 152 Å². The fraction of sp³-hybridized carbons (Fsp3) is 0.435. The van der Waals surface area contributed by atoms with E-state index in [9.17, 15) is 0 Å². The molecule has 0 amide bonds. The summed E-state index contributed by atoms with van der Waals surface area (Å²) >= 11 is 0. The van der Waals surface area contributed by atoms with Crippen LogP contribution in [0, 0.1) is 22.2 Å². The zero-order valence-corrected chi connectivity index (χ0v) is 55.0. The van der Waals surface area contributed by atoms with Crippen LogP contribution in [0.25, 0.3) is 50.5 Å². The van der Waals surface area contributed by atoms with Gasteiger partial charge < -0.3 is 0 Å². The summed E-state index contributed by atoms with van der Waals surface area (Å²) in [5.74, 6) is 3.82. The third-order valence-corrected chi connectivity index (χ3v) is 20.7. The van der Waals surface area contributed by atoms with Crippen molar-refractivity contribution in [3.8, 4) is 0 Å². The number of rotatable bonds is 0. The quantitative estimate of drug-likeness (QED) is 0.142. The zero-order chi connectivity index (χ0) is 60.2. The molecule has 0 fully saturated rings. The van der Waals surface area contributed by atoms with Crippen molar-refractivity contribution in [2.75, 3.05) is 0 Å². The van der Waals surface area contributed by atoms with Crippen molar-refractivity contribution in [2.45, 2.75) is 215 Å². The molecule has 0 saturated carbocycles. The van der Waals surface area contributed by atoms with Crippen LogP contribution in [0.4, 0.5) is 0 Å². The van der Waals surface area contributed by atoms with Crippen LogP contribution in [0.2, 0.25) is 0 Å². The largest absolute Gasteiger partial charge is 0.0833 e. The van der Waals surface area contributed by atoms with Gasteiger partial charge in [0, 0.05) is 0 Å². The Balaban J connectivity index is 0.000000111. The molecule has 8 aromatic carbocycles. The Kier molecular flexibility index (Phi) is 16.9. The monoisotopic (exact) mass is 1120 g/mol. The number of aryl methyl sites for hydroxylation is 3. The molecule has 85 heavy (non-hydrogen) atoms. The molecule has 0 heterocycles. The number of fused-ring (bicyclic) bond motifs is 9. The molecule has 8 aromatic rings. The predicted molar refractivity (Wildman–Crippen MR) is 373 cm³/mol. The van der Waals surface area contributed by atoms with Crippen molar-refractivity contribution in [2.24, 2.45) is 22.2 Å². The Bertz CT molecular complexity index is 3830. The van der Waals surface area contributed by atoms with E-state index in [2.05, 4.69) is 274 Å². The summed E-state index contributed by atoms with van der Waals surface area (Å²) in [5, 5.41) is 8.65. The minimum atomic E-state index is 0.199. The lowest BCUT2D eigenvalue weighted by molar-refractivity contribution is 0.214. The molecule has 0 aromatic heterocycles. The fourth-order valence-corrected chi connectivity index (χ4v) is 16.5. The van der Waals surface area contributed by atoms with E-state index in [-0.39, 0.29) is 10.8 Å². The molecule has 7 aliphatic rings. The van der Waals surface area contributed by atoms with Crippen LogP contribution >= 0.6 is 0 Å². The topological polar surface area (TPSA) is 0 Å². The van der Waals surface area contributed by atoms with Crippen molar-refractivity contribution in [1.29, 1.82) is 0 Å². The van der Waals surface area contributed by atoms with Crippen molar-refractivity contribution in [1.82, 2.24) is 0 Å². The third-order valence-electron chi connectivity index (χ3n) is 20.7. The van der Waals surface area contributed by atoms with Crippen LogP contribution in [0.1, 0.15) is 250 Å². The number of hydrogen-bond donors (Lipinski definition) is 0. The van der Waals surface area contributed by atoms with Gasteiger partial charge in [0.2, 0.25) is 0 Å². The first-order valence-corrected chi connectivity index (χ1v) is 33.2. The maximum Gasteiger partial charge on any atom is -0.00712 e. The highest BCUT2D eigenvalue weighted by atomic mass is 14.5. The highest BCUT2D eigenvalue weighted by molar-refractivity contribution is 5.96. The smallest absolute Gasteiger partial charge is 0.00712 e. The van der Waals surface area contributed by atoms with Gasteiger partial charge in [-0.25, -0.2) is 0 Å². The highest BCUT2D eigenvalue weighted by Gasteiger charge is 2.41. The maximum absolute atomic E-state index is 2.39. The molecule has 0 aliphatic heterocycles. The molecule has 0 heteroatoms. The molecule has 5 atom stereocenters. The standard InChI is InChI=1S/2C18H22.C17H18.2C16H20/c2*1-18(2,3)16-10-6-8-14-12-11-13-7-4-5-9-15(13)17(14)16;1-17(2,3)15-9-5-7-13-11-10-12-6-4-8-14(12)16(13)15;2*1-16(2,3)14-10-12-8-4-6-11-7-5-9-13(14)15(11)12/h6,8,10-12H,4-5,7,9H2,1-3H3;4-5,7,9,11-12,16H,6,8,10H2,1-3H3;4-5,7-11H,6H2,1-3H3;4-7,9,12,14H,8,10H2,1-3H3;4-8,13-14H,9-10H2,1-3H3. The van der Waals surface area contributed by atoms with Crippen molar-refractivity contribution in [3.63, 3.8) is 0 Å². The molecule has 0 nitrogen and oxygen atoms in total. The van der Waals surface area contributed by atoms with Crippen LogP contribution in [-0.4, -0.2) is 0 Å². The van der Waals surface area contributed by atoms with E-state index < -0.39 is 0 Å². The summed E-state index contributed by atoms with van der Waals surface area (Å²) in [7, 11) is 0. The van der Waals surface area contributed by atoms with Gasteiger partial charge in [-0.15, -0.1) is 0 Å². The highest BCUT2D eigenvalue weighted by Crippen LogP contribution is 2.55. The average Bonchev–Trinajstić information content (AvgIpc) is 3.98. The molecule has 0 N–H and O–H groups in total. The van der Waals surface area contributed by atoms with Gasteiger partial charge in [-0.1, -0.05) is 274 Å². The van der Waals surface area contributed by atoms with E-state index in [0.717, 1.165) is 30.1 Å². The molecule has 0 spiro atoms. The zero-order valence-electron chi connectivity index (χ0n) is 55.0. The molecular weight excluding hydrogens is 1020 g/mol. The first-order valence-electron chi connectivity index (χ1n) is 33.2. The summed E-state index contributed by atoms with van der Waals surface area (Å²) in [6.07, 6.45) is 29.3. The molecule has 7 aliphatic carbocycles. The average molecular weight is 1120 g/mol. The molecule has 0 radical (unpaired) electrons. The summed E-state index contributed by atoms with van der Waals surface area (Å²) in [6, 6.07) is 49.8. The van der Waals surface area contributed by atoms with Crippen LogP contribution in [0.5, 0.6) is 0 Å². The fourth-order valence-electron chi connectivity index (χ4n) is 16.5. The lowest BCUT2D eigenvalue weighted by Crippen LogP contribution is -2.24. The maximum atomic E-state index is 2.39. The second kappa shape index (κ2) is 23.8. The van der Waals surface area contributed by atoms with E-state index in [1.165, 1.54) is 131 Å². The summed E-state index contributed by atoms with van der Waals surface area (Å²) in [4.78, 5) is 0. The summed E-state index contributed by atoms with van der Waals surface area (Å²) in [6.45, 7) is 35.3. The molecule has 0 saturated heterocycles. The van der Waals surface area contributed by atoms with Gasteiger partial charge in [-0.05, 0) is 244 Å². The lowest BCUT2D eigenvalue weighted by atomic mass is 9.68. The molecule has 442 valence electrons. The van der Waals surface area contributed by atoms with E-state index in [1.54, 1.807) is 49.9 Å². The first-order chi connectivity index (χ1) is 40.4. The predicted octanol–water partition coefficient (Wildman–Crippen LogP) is 24.2. The second-order valence-electron chi connectivity index (χ2n) is 31.8. The van der Waals surface area contributed by atoms with Crippen molar-refractivity contribution in [3.05, 3.63) is 230 Å². The second-order valence-corrected chi connectivity index (χ2v) is 31.8. The summed E-state index contributed by atoms with van der Waals surface area (Å²) in [5.41, 5.74) is 23.4. The number of benzene rings is 8. The van der Waals surface area contributed by atoms with Gasteiger partial charge in [-0.2, -0.15) is 0 Å². The van der Waals surface area contributed by atoms with Crippen molar-refractivity contribution >= 4 is 50.5 Å². The van der Waals surface area contributed by atoms with Gasteiger partial charge in [0.25, 0.3) is 0 Å². The van der Waals surface area contributed by atoms with Crippen LogP contribution in [-0.2, 0) is 42.9 Å². The van der Waals surface area contributed by atoms with Gasteiger partial charge in [0.15, 0.2) is 0 Å². The lowest BCUT2D eigenvalue weighted by Gasteiger charge is -2.36. The summed E-state index contributed by atoms with van der Waals surface area (Å²) < 4.78 is 0. The van der Waals surface area contributed by atoms with Crippen LogP contribution in [0.3, 0.4) is 0 Å². The van der Waals surface area contributed by atoms with Crippen molar-refractivity contribution < 1.29 is 0 Å². The third kappa shape index (κ3) is 12.5. The molecule has 0 bridgehead atoms. The minimum absolute atomic E-state index is 0.199. The van der Waals surface area contributed by atoms with E-state index in [1.807, 2.05) is 0 Å². The molecule has 5 unspecified atom stereocenters. The van der Waals surface area contributed by atoms with E-state index in [4.69, 9.17) is 0 Å². The normalized spacial score (nSPS) is 20.5. The van der Waals surface area contributed by atoms with Gasteiger partial charge in [0.1, 0.15) is 0 Å². The molecular formula is C85H102. The Hall–Kier alpha value is -6.24. The SMILES string of the molecule is CC(C)(C)C1CC2CC=Cc3cccc1c32.CC(C)(C)C1CCCc2ccc3ccccc3c21.CC(C)(C)C1Cc2cccc3c2C1CC=C3.CC(C)(C)c1cccc2ccc3c(c12)C=CC3.CC(C)(C)c1cccc2ccc3c(c12)CCCC3. The molecule has 15 rings (SSSR count). The Labute approximate surface area is 514 Å².